The Hall–Kier alpha value is -2.23. The molecule has 0 aliphatic carbocycles. The lowest BCUT2D eigenvalue weighted by Gasteiger charge is -2.11. The second kappa shape index (κ2) is 7.38. The van der Waals surface area contributed by atoms with Crippen molar-refractivity contribution in [1.82, 2.24) is 4.98 Å². The number of nitrogens with zero attached hydrogens (tertiary/aromatic N) is 1. The maximum Gasteiger partial charge on any atom is 0.161 e. The first-order valence-electron chi connectivity index (χ1n) is 6.79. The van der Waals surface area contributed by atoms with Crippen molar-refractivity contribution in [3.8, 4) is 11.5 Å². The van der Waals surface area contributed by atoms with Gasteiger partial charge in [0.2, 0.25) is 0 Å². The lowest BCUT2D eigenvalue weighted by molar-refractivity contribution is 0.281. The van der Waals surface area contributed by atoms with Crippen molar-refractivity contribution in [2.45, 2.75) is 20.0 Å². The average Bonchev–Trinajstić information content (AvgIpc) is 2.51. The van der Waals surface area contributed by atoms with E-state index in [0.29, 0.717) is 6.61 Å². The van der Waals surface area contributed by atoms with Gasteiger partial charge < -0.3 is 14.8 Å². The first kappa shape index (κ1) is 14.2. The van der Waals surface area contributed by atoms with Crippen LogP contribution in [0.25, 0.3) is 0 Å². The number of pyridine rings is 1. The van der Waals surface area contributed by atoms with E-state index in [9.17, 15) is 0 Å². The van der Waals surface area contributed by atoms with Gasteiger partial charge in [0, 0.05) is 6.54 Å². The number of ether oxygens (including phenoxy) is 2. The fourth-order valence-corrected chi connectivity index (χ4v) is 1.80. The minimum Gasteiger partial charge on any atom is -0.493 e. The van der Waals surface area contributed by atoms with Crippen molar-refractivity contribution in [3.05, 3.63) is 48.2 Å². The molecule has 0 aliphatic rings. The van der Waals surface area contributed by atoms with E-state index < -0.39 is 0 Å². The van der Waals surface area contributed by atoms with Crippen LogP contribution in [0.15, 0.2) is 42.5 Å². The molecule has 0 saturated carbocycles. The molecule has 1 N–H and O–H groups in total. The van der Waals surface area contributed by atoms with E-state index in [1.54, 1.807) is 7.11 Å². The zero-order chi connectivity index (χ0) is 14.2. The highest BCUT2D eigenvalue weighted by Crippen LogP contribution is 2.26. The summed E-state index contributed by atoms with van der Waals surface area (Å²) in [4.78, 5) is 4.50. The second-order valence-electron chi connectivity index (χ2n) is 4.38. The molecule has 0 bridgehead atoms. The molecule has 106 valence electrons. The minimum absolute atomic E-state index is 0.419. The van der Waals surface area contributed by atoms with Crippen molar-refractivity contribution in [3.63, 3.8) is 0 Å². The molecule has 0 saturated heterocycles. The Morgan fingerprint density at radius 2 is 1.85 bits per heavy atom. The summed E-state index contributed by atoms with van der Waals surface area (Å²) in [6.07, 6.45) is 1.07. The third kappa shape index (κ3) is 3.88. The van der Waals surface area contributed by atoms with Crippen LogP contribution in [0.1, 0.15) is 19.0 Å². The first-order valence-corrected chi connectivity index (χ1v) is 6.79. The molecule has 0 radical (unpaired) electrons. The predicted molar refractivity (Wildman–Crippen MR) is 80.3 cm³/mol. The maximum atomic E-state index is 5.76. The predicted octanol–water partition coefficient (Wildman–Crippen LogP) is 3.49. The van der Waals surface area contributed by atoms with E-state index in [1.807, 2.05) is 42.5 Å². The minimum atomic E-state index is 0.419. The molecule has 1 aromatic carbocycles. The van der Waals surface area contributed by atoms with Crippen LogP contribution in [0.5, 0.6) is 11.5 Å². The average molecular weight is 272 g/mol. The van der Waals surface area contributed by atoms with Crippen molar-refractivity contribution in [2.24, 2.45) is 0 Å². The van der Waals surface area contributed by atoms with Gasteiger partial charge in [-0.25, -0.2) is 4.98 Å². The maximum absolute atomic E-state index is 5.76. The number of benzene rings is 1. The van der Waals surface area contributed by atoms with Crippen molar-refractivity contribution < 1.29 is 9.47 Å². The van der Waals surface area contributed by atoms with E-state index in [1.165, 1.54) is 0 Å². The number of anilines is 1. The van der Waals surface area contributed by atoms with Crippen molar-refractivity contribution in [2.75, 3.05) is 19.0 Å². The summed E-state index contributed by atoms with van der Waals surface area (Å²) in [5.41, 5.74) is 0.886. The SMILES string of the molecule is CCCNc1cccc(COc2ccccc2OC)n1. The van der Waals surface area contributed by atoms with Gasteiger partial charge in [-0.15, -0.1) is 0 Å². The van der Waals surface area contributed by atoms with Gasteiger partial charge in [0.05, 0.1) is 12.8 Å². The van der Waals surface area contributed by atoms with Crippen LogP contribution < -0.4 is 14.8 Å². The first-order chi connectivity index (χ1) is 9.83. The Kier molecular flexibility index (Phi) is 5.24. The molecule has 4 nitrogen and oxygen atoms in total. The van der Waals surface area contributed by atoms with Gasteiger partial charge in [-0.05, 0) is 30.7 Å². The number of hydrogen-bond donors (Lipinski definition) is 1. The molecule has 2 aromatic rings. The summed E-state index contributed by atoms with van der Waals surface area (Å²) in [6, 6.07) is 13.5. The van der Waals surface area contributed by atoms with Crippen molar-refractivity contribution >= 4 is 5.82 Å². The molecular weight excluding hydrogens is 252 g/mol. The molecule has 2 rings (SSSR count). The van der Waals surface area contributed by atoms with Crippen LogP contribution in [0.3, 0.4) is 0 Å². The zero-order valence-corrected chi connectivity index (χ0v) is 11.9. The largest absolute Gasteiger partial charge is 0.493 e. The van der Waals surface area contributed by atoms with E-state index in [4.69, 9.17) is 9.47 Å². The van der Waals surface area contributed by atoms with Gasteiger partial charge in [0.15, 0.2) is 11.5 Å². The highest BCUT2D eigenvalue weighted by Gasteiger charge is 2.04. The number of hydrogen-bond acceptors (Lipinski definition) is 4. The van der Waals surface area contributed by atoms with Gasteiger partial charge in [-0.3, -0.25) is 0 Å². The monoisotopic (exact) mass is 272 g/mol. The molecular formula is C16H20N2O2. The van der Waals surface area contributed by atoms with E-state index in [0.717, 1.165) is 36.0 Å². The fraction of sp³-hybridized carbons (Fsp3) is 0.312. The Morgan fingerprint density at radius 3 is 2.60 bits per heavy atom. The molecule has 0 aliphatic heterocycles. The number of para-hydroxylation sites is 2. The highest BCUT2D eigenvalue weighted by molar-refractivity contribution is 5.39. The normalized spacial score (nSPS) is 10.1. The van der Waals surface area contributed by atoms with Gasteiger partial charge in [0.1, 0.15) is 12.4 Å². The molecule has 20 heavy (non-hydrogen) atoms. The van der Waals surface area contributed by atoms with E-state index in [2.05, 4.69) is 17.2 Å². The van der Waals surface area contributed by atoms with Crippen LogP contribution in [0, 0.1) is 0 Å². The Balaban J connectivity index is 1.99. The third-order valence-corrected chi connectivity index (χ3v) is 2.81. The zero-order valence-electron chi connectivity index (χ0n) is 11.9. The lowest BCUT2D eigenvalue weighted by atomic mass is 10.3. The topological polar surface area (TPSA) is 43.4 Å². The van der Waals surface area contributed by atoms with Gasteiger partial charge in [0.25, 0.3) is 0 Å². The van der Waals surface area contributed by atoms with Gasteiger partial charge in [-0.2, -0.15) is 0 Å². The van der Waals surface area contributed by atoms with Crippen LogP contribution in [-0.4, -0.2) is 18.6 Å². The summed E-state index contributed by atoms with van der Waals surface area (Å²) < 4.78 is 11.0. The summed E-state index contributed by atoms with van der Waals surface area (Å²) in [5, 5.41) is 3.26. The standard InChI is InChI=1S/C16H20N2O2/c1-3-11-17-16-10-6-7-13(18-16)12-20-15-9-5-4-8-14(15)19-2/h4-10H,3,11-12H2,1-2H3,(H,17,18). The number of aromatic nitrogens is 1. The highest BCUT2D eigenvalue weighted by atomic mass is 16.5. The molecule has 4 heteroatoms. The summed E-state index contributed by atoms with van der Waals surface area (Å²) in [7, 11) is 1.63. The molecule has 0 spiro atoms. The lowest BCUT2D eigenvalue weighted by Crippen LogP contribution is -2.05. The quantitative estimate of drug-likeness (QED) is 0.838. The fourth-order valence-electron chi connectivity index (χ4n) is 1.80. The van der Waals surface area contributed by atoms with Crippen LogP contribution in [0.4, 0.5) is 5.82 Å². The number of nitrogens with one attached hydrogen (secondary N) is 1. The summed E-state index contributed by atoms with van der Waals surface area (Å²) in [6.45, 7) is 3.47. The Morgan fingerprint density at radius 1 is 1.05 bits per heavy atom. The van der Waals surface area contributed by atoms with E-state index >= 15 is 0 Å². The van der Waals surface area contributed by atoms with Crippen LogP contribution in [0.2, 0.25) is 0 Å². The summed E-state index contributed by atoms with van der Waals surface area (Å²) in [5.74, 6) is 2.34. The van der Waals surface area contributed by atoms with Gasteiger partial charge in [-0.1, -0.05) is 25.1 Å². The summed E-state index contributed by atoms with van der Waals surface area (Å²) >= 11 is 0. The van der Waals surface area contributed by atoms with Crippen LogP contribution >= 0.6 is 0 Å². The van der Waals surface area contributed by atoms with Crippen molar-refractivity contribution in [1.29, 1.82) is 0 Å². The molecule has 0 fully saturated rings. The molecule has 0 unspecified atom stereocenters. The number of methoxy groups -OCH3 is 1. The smallest absolute Gasteiger partial charge is 0.161 e. The molecule has 1 heterocycles. The van der Waals surface area contributed by atoms with Gasteiger partial charge >= 0.3 is 0 Å². The molecule has 0 amide bonds. The van der Waals surface area contributed by atoms with Crippen LogP contribution in [-0.2, 0) is 6.61 Å². The molecule has 0 atom stereocenters. The number of rotatable bonds is 7. The third-order valence-electron chi connectivity index (χ3n) is 2.81. The Labute approximate surface area is 119 Å². The second-order valence-corrected chi connectivity index (χ2v) is 4.38. The van der Waals surface area contributed by atoms with E-state index in [-0.39, 0.29) is 0 Å². The Bertz CT molecular complexity index is 544. The molecule has 1 aromatic heterocycles.